The molecule has 3 aromatic heterocycles. The summed E-state index contributed by atoms with van der Waals surface area (Å²) in [5.41, 5.74) is 5.18. The lowest BCUT2D eigenvalue weighted by atomic mass is 10.0. The number of aromatic amines is 1. The van der Waals surface area contributed by atoms with Crippen LogP contribution >= 0.6 is 0 Å². The van der Waals surface area contributed by atoms with Crippen molar-refractivity contribution in [3.63, 3.8) is 0 Å². The molecule has 5 aromatic rings. The first-order valence-electron chi connectivity index (χ1n) is 11.4. The van der Waals surface area contributed by atoms with E-state index in [-0.39, 0.29) is 5.69 Å². The monoisotopic (exact) mass is 467 g/mol. The number of para-hydroxylation sites is 2. The van der Waals surface area contributed by atoms with Crippen LogP contribution in [0.15, 0.2) is 77.9 Å². The Hall–Kier alpha value is -4.53. The van der Waals surface area contributed by atoms with Gasteiger partial charge < -0.3 is 4.74 Å². The van der Waals surface area contributed by atoms with E-state index < -0.39 is 0 Å². The molecule has 0 aliphatic carbocycles. The molecule has 0 fully saturated rings. The molecule has 5 rings (SSSR count). The SMILES string of the molecule is CCCc1cn(-c2ccccc2OC)c(=O)n1Cc1ccc(-c2ncccc2-c2nnn[nH]2)cc1. The highest BCUT2D eigenvalue weighted by atomic mass is 16.5. The van der Waals surface area contributed by atoms with E-state index in [0.29, 0.717) is 18.1 Å². The Morgan fingerprint density at radius 3 is 2.60 bits per heavy atom. The third-order valence-electron chi connectivity index (χ3n) is 5.89. The molecule has 0 bridgehead atoms. The van der Waals surface area contributed by atoms with Gasteiger partial charge in [0.25, 0.3) is 0 Å². The molecule has 2 aromatic carbocycles. The van der Waals surface area contributed by atoms with Gasteiger partial charge in [-0.05, 0) is 46.7 Å². The van der Waals surface area contributed by atoms with Crippen molar-refractivity contribution in [1.29, 1.82) is 0 Å². The van der Waals surface area contributed by atoms with E-state index in [1.54, 1.807) is 17.9 Å². The van der Waals surface area contributed by atoms with Gasteiger partial charge in [0.05, 0.1) is 25.0 Å². The Balaban J connectivity index is 1.48. The van der Waals surface area contributed by atoms with Crippen molar-refractivity contribution in [3.05, 3.63) is 94.8 Å². The second-order valence-electron chi connectivity index (χ2n) is 8.13. The first-order chi connectivity index (χ1) is 17.2. The van der Waals surface area contributed by atoms with E-state index in [9.17, 15) is 4.79 Å². The highest BCUT2D eigenvalue weighted by Crippen LogP contribution is 2.28. The first-order valence-corrected chi connectivity index (χ1v) is 11.4. The number of nitrogens with zero attached hydrogens (tertiary/aromatic N) is 6. The fraction of sp³-hybridized carbons (Fsp3) is 0.192. The molecule has 0 radical (unpaired) electrons. The van der Waals surface area contributed by atoms with Crippen molar-refractivity contribution in [2.24, 2.45) is 0 Å². The molecule has 0 spiro atoms. The minimum Gasteiger partial charge on any atom is -0.495 e. The van der Waals surface area contributed by atoms with E-state index in [0.717, 1.165) is 46.6 Å². The van der Waals surface area contributed by atoms with Crippen LogP contribution in [-0.4, -0.2) is 41.9 Å². The molecule has 9 heteroatoms. The number of H-pyrrole nitrogens is 1. The highest BCUT2D eigenvalue weighted by Gasteiger charge is 2.16. The van der Waals surface area contributed by atoms with Crippen LogP contribution in [0, 0.1) is 0 Å². The summed E-state index contributed by atoms with van der Waals surface area (Å²) < 4.78 is 8.99. The van der Waals surface area contributed by atoms with Crippen LogP contribution in [0.4, 0.5) is 0 Å². The summed E-state index contributed by atoms with van der Waals surface area (Å²) in [6.45, 7) is 2.58. The zero-order valence-electron chi connectivity index (χ0n) is 19.5. The summed E-state index contributed by atoms with van der Waals surface area (Å²) in [5.74, 6) is 1.22. The predicted octanol–water partition coefficient (Wildman–Crippen LogP) is 3.89. The van der Waals surface area contributed by atoms with Crippen LogP contribution in [-0.2, 0) is 13.0 Å². The molecule has 0 unspecified atom stereocenters. The maximum atomic E-state index is 13.4. The van der Waals surface area contributed by atoms with Gasteiger partial charge in [0.2, 0.25) is 0 Å². The maximum Gasteiger partial charge on any atom is 0.333 e. The average Bonchev–Trinajstić information content (AvgIpc) is 3.54. The Bertz CT molecular complexity index is 1490. The van der Waals surface area contributed by atoms with Crippen LogP contribution in [0.25, 0.3) is 28.3 Å². The zero-order valence-corrected chi connectivity index (χ0v) is 19.5. The van der Waals surface area contributed by atoms with E-state index in [1.165, 1.54) is 0 Å². The van der Waals surface area contributed by atoms with Crippen LogP contribution in [0.2, 0.25) is 0 Å². The number of rotatable bonds is 8. The van der Waals surface area contributed by atoms with Gasteiger partial charge in [-0.1, -0.05) is 49.7 Å². The number of methoxy groups -OCH3 is 1. The summed E-state index contributed by atoms with van der Waals surface area (Å²) in [5, 5.41) is 14.2. The smallest absolute Gasteiger partial charge is 0.333 e. The Kier molecular flexibility index (Phi) is 6.21. The predicted molar refractivity (Wildman–Crippen MR) is 133 cm³/mol. The zero-order chi connectivity index (χ0) is 24.2. The standard InChI is InChI=1S/C26H25N7O2/c1-3-7-20-17-33(22-9-4-5-10-23(22)35-2)26(34)32(20)16-18-11-13-19(14-12-18)24-21(8-6-15-27-24)25-28-30-31-29-25/h4-6,8-15,17H,3,7,16H2,1-2H3,(H,28,29,30,31). The van der Waals surface area contributed by atoms with Gasteiger partial charge in [0, 0.05) is 29.2 Å². The van der Waals surface area contributed by atoms with Crippen molar-refractivity contribution in [2.75, 3.05) is 7.11 Å². The largest absolute Gasteiger partial charge is 0.495 e. The molecule has 0 aliphatic heterocycles. The molecular formula is C26H25N7O2. The number of nitrogens with one attached hydrogen (secondary N) is 1. The second kappa shape index (κ2) is 9.76. The quantitative estimate of drug-likeness (QED) is 0.371. The maximum absolute atomic E-state index is 13.4. The normalized spacial score (nSPS) is 11.0. The average molecular weight is 468 g/mol. The van der Waals surface area contributed by atoms with Gasteiger partial charge >= 0.3 is 5.69 Å². The number of imidazole rings is 1. The molecule has 0 atom stereocenters. The fourth-order valence-electron chi connectivity index (χ4n) is 4.20. The number of aryl methyl sites for hydroxylation is 1. The second-order valence-corrected chi connectivity index (χ2v) is 8.13. The van der Waals surface area contributed by atoms with Crippen molar-refractivity contribution in [1.82, 2.24) is 34.7 Å². The van der Waals surface area contributed by atoms with Crippen LogP contribution in [0.5, 0.6) is 5.75 Å². The molecule has 0 aliphatic rings. The summed E-state index contributed by atoms with van der Waals surface area (Å²) in [4.78, 5) is 18.0. The van der Waals surface area contributed by atoms with Crippen LogP contribution < -0.4 is 10.4 Å². The van der Waals surface area contributed by atoms with Gasteiger partial charge in [-0.2, -0.15) is 0 Å². The Labute approximate surface area is 202 Å². The van der Waals surface area contributed by atoms with E-state index in [4.69, 9.17) is 4.74 Å². The number of hydrogen-bond acceptors (Lipinski definition) is 6. The number of benzene rings is 2. The van der Waals surface area contributed by atoms with Crippen LogP contribution in [0.3, 0.4) is 0 Å². The van der Waals surface area contributed by atoms with Crippen LogP contribution in [0.1, 0.15) is 24.6 Å². The van der Waals surface area contributed by atoms with Crippen molar-refractivity contribution in [2.45, 2.75) is 26.3 Å². The number of ether oxygens (including phenoxy) is 1. The lowest BCUT2D eigenvalue weighted by Crippen LogP contribution is -2.25. The summed E-state index contributed by atoms with van der Waals surface area (Å²) in [6, 6.07) is 19.4. The number of pyridine rings is 1. The Morgan fingerprint density at radius 2 is 1.86 bits per heavy atom. The molecule has 35 heavy (non-hydrogen) atoms. The van der Waals surface area contributed by atoms with E-state index in [2.05, 4.69) is 32.5 Å². The minimum absolute atomic E-state index is 0.0909. The molecular weight excluding hydrogens is 442 g/mol. The molecule has 0 saturated carbocycles. The third kappa shape index (κ3) is 4.35. The van der Waals surface area contributed by atoms with E-state index in [1.807, 2.05) is 71.4 Å². The Morgan fingerprint density at radius 1 is 1.03 bits per heavy atom. The van der Waals surface area contributed by atoms with Crippen molar-refractivity contribution < 1.29 is 4.74 Å². The summed E-state index contributed by atoms with van der Waals surface area (Å²) in [7, 11) is 1.61. The third-order valence-corrected chi connectivity index (χ3v) is 5.89. The first kappa shape index (κ1) is 22.3. The highest BCUT2D eigenvalue weighted by molar-refractivity contribution is 5.76. The van der Waals surface area contributed by atoms with Crippen molar-refractivity contribution in [3.8, 4) is 34.1 Å². The summed E-state index contributed by atoms with van der Waals surface area (Å²) >= 11 is 0. The van der Waals surface area contributed by atoms with Gasteiger partial charge in [-0.25, -0.2) is 9.89 Å². The molecule has 1 N–H and O–H groups in total. The van der Waals surface area contributed by atoms with Gasteiger partial charge in [-0.15, -0.1) is 5.10 Å². The topological polar surface area (TPSA) is 104 Å². The number of hydrogen-bond donors (Lipinski definition) is 1. The van der Waals surface area contributed by atoms with Gasteiger partial charge in [0.1, 0.15) is 5.75 Å². The fourth-order valence-corrected chi connectivity index (χ4v) is 4.20. The van der Waals surface area contributed by atoms with Gasteiger partial charge in [-0.3, -0.25) is 14.1 Å². The molecule has 9 nitrogen and oxygen atoms in total. The lowest BCUT2D eigenvalue weighted by molar-refractivity contribution is 0.412. The molecule has 0 amide bonds. The number of tetrazole rings is 1. The molecule has 0 saturated heterocycles. The number of aromatic nitrogens is 7. The lowest BCUT2D eigenvalue weighted by Gasteiger charge is -2.09. The van der Waals surface area contributed by atoms with Gasteiger partial charge in [0.15, 0.2) is 5.82 Å². The minimum atomic E-state index is -0.0909. The molecule has 176 valence electrons. The summed E-state index contributed by atoms with van der Waals surface area (Å²) in [6.07, 6.45) is 5.41. The van der Waals surface area contributed by atoms with E-state index >= 15 is 0 Å². The van der Waals surface area contributed by atoms with Crippen molar-refractivity contribution >= 4 is 0 Å². The molecule has 3 heterocycles.